The fourth-order valence-corrected chi connectivity index (χ4v) is 6.63. The van der Waals surface area contributed by atoms with Crippen molar-refractivity contribution in [1.82, 2.24) is 15.1 Å². The highest BCUT2D eigenvalue weighted by Crippen LogP contribution is 2.39. The largest absolute Gasteiger partial charge is 0.457 e. The summed E-state index contributed by atoms with van der Waals surface area (Å²) in [7, 11) is -4.31. The van der Waals surface area contributed by atoms with Crippen molar-refractivity contribution in [2.75, 3.05) is 59.3 Å². The minimum atomic E-state index is -4.31. The van der Waals surface area contributed by atoms with Crippen LogP contribution >= 0.6 is 0 Å². The van der Waals surface area contributed by atoms with E-state index in [9.17, 15) is 27.6 Å². The SMILES string of the molecule is NCCOCCOCCOCCNC(=O)CCN(C1(C(=O)NO)CCCC1)S(=O)(=O)c1ccc(Oc2ccc(F)cc2)cc1. The predicted octanol–water partition coefficient (Wildman–Crippen LogP) is 1.94. The van der Waals surface area contributed by atoms with E-state index >= 15 is 0 Å². The maximum Gasteiger partial charge on any atom is 0.264 e. The molecule has 0 aliphatic heterocycles. The van der Waals surface area contributed by atoms with Crippen LogP contribution in [0.5, 0.6) is 11.5 Å². The first-order chi connectivity index (χ1) is 21.2. The zero-order chi connectivity index (χ0) is 31.8. The van der Waals surface area contributed by atoms with E-state index in [2.05, 4.69) is 5.32 Å². The Balaban J connectivity index is 1.60. The third kappa shape index (κ3) is 10.2. The summed E-state index contributed by atoms with van der Waals surface area (Å²) in [5.41, 5.74) is 5.40. The number of ether oxygens (including phenoxy) is 4. The maximum atomic E-state index is 13.9. The Bertz CT molecular complexity index is 1270. The van der Waals surface area contributed by atoms with Gasteiger partial charge in [-0.2, -0.15) is 4.31 Å². The van der Waals surface area contributed by atoms with Gasteiger partial charge >= 0.3 is 0 Å². The summed E-state index contributed by atoms with van der Waals surface area (Å²) in [5.74, 6) is -1.02. The summed E-state index contributed by atoms with van der Waals surface area (Å²) in [6.07, 6.45) is 1.27. The van der Waals surface area contributed by atoms with Gasteiger partial charge < -0.3 is 30.0 Å². The molecule has 1 aliphatic rings. The van der Waals surface area contributed by atoms with E-state index < -0.39 is 33.2 Å². The molecule has 0 aromatic heterocycles. The van der Waals surface area contributed by atoms with E-state index in [4.69, 9.17) is 24.7 Å². The minimum absolute atomic E-state index is 0.122. The fraction of sp³-hybridized carbons (Fsp3) is 0.517. The maximum absolute atomic E-state index is 13.9. The van der Waals surface area contributed by atoms with Gasteiger partial charge in [-0.25, -0.2) is 18.3 Å². The lowest BCUT2D eigenvalue weighted by Crippen LogP contribution is -2.59. The predicted molar refractivity (Wildman–Crippen MR) is 157 cm³/mol. The van der Waals surface area contributed by atoms with Crippen molar-refractivity contribution in [3.05, 3.63) is 54.3 Å². The van der Waals surface area contributed by atoms with Gasteiger partial charge in [-0.05, 0) is 61.4 Å². The number of rotatable bonds is 20. The molecule has 0 heterocycles. The second-order valence-electron chi connectivity index (χ2n) is 10.0. The molecular weight excluding hydrogens is 599 g/mol. The number of carbonyl (C=O) groups excluding carboxylic acids is 2. The fourth-order valence-electron chi connectivity index (χ4n) is 4.84. The number of halogens is 1. The van der Waals surface area contributed by atoms with Crippen molar-refractivity contribution >= 4 is 21.8 Å². The molecule has 13 nitrogen and oxygen atoms in total. The van der Waals surface area contributed by atoms with Crippen LogP contribution in [-0.4, -0.2) is 94.6 Å². The van der Waals surface area contributed by atoms with Gasteiger partial charge in [0.05, 0.1) is 44.5 Å². The number of sulfonamides is 1. The van der Waals surface area contributed by atoms with Gasteiger partial charge in [-0.1, -0.05) is 12.8 Å². The number of benzene rings is 2. The third-order valence-electron chi connectivity index (χ3n) is 7.01. The molecule has 2 aromatic rings. The molecule has 244 valence electrons. The first-order valence-corrected chi connectivity index (χ1v) is 15.9. The normalized spacial score (nSPS) is 14.5. The number of hydrogen-bond acceptors (Lipinski definition) is 10. The molecule has 0 atom stereocenters. The van der Waals surface area contributed by atoms with Crippen LogP contribution in [0.4, 0.5) is 4.39 Å². The van der Waals surface area contributed by atoms with Gasteiger partial charge in [-0.15, -0.1) is 0 Å². The van der Waals surface area contributed by atoms with Crippen molar-refractivity contribution < 1.29 is 46.6 Å². The summed E-state index contributed by atoms with van der Waals surface area (Å²) in [6, 6.07) is 10.9. The molecule has 15 heteroatoms. The summed E-state index contributed by atoms with van der Waals surface area (Å²) in [6.45, 7) is 2.60. The third-order valence-corrected chi connectivity index (χ3v) is 8.99. The lowest BCUT2D eigenvalue weighted by atomic mass is 9.96. The molecule has 0 spiro atoms. The van der Waals surface area contributed by atoms with Crippen LogP contribution in [-0.2, 0) is 33.8 Å². The van der Waals surface area contributed by atoms with Gasteiger partial charge in [0.2, 0.25) is 15.9 Å². The first-order valence-electron chi connectivity index (χ1n) is 14.4. The number of carbonyl (C=O) groups is 2. The molecule has 44 heavy (non-hydrogen) atoms. The van der Waals surface area contributed by atoms with Crippen molar-refractivity contribution in [2.24, 2.45) is 5.73 Å². The number of nitrogens with zero attached hydrogens (tertiary/aromatic N) is 1. The Morgan fingerprint density at radius 1 is 0.886 bits per heavy atom. The molecule has 2 aromatic carbocycles. The van der Waals surface area contributed by atoms with Crippen molar-refractivity contribution in [3.8, 4) is 11.5 Å². The highest BCUT2D eigenvalue weighted by Gasteiger charge is 2.51. The van der Waals surface area contributed by atoms with Crippen LogP contribution in [0.25, 0.3) is 0 Å². The van der Waals surface area contributed by atoms with Crippen LogP contribution in [0.1, 0.15) is 32.1 Å². The van der Waals surface area contributed by atoms with Crippen LogP contribution < -0.4 is 21.3 Å². The zero-order valence-electron chi connectivity index (χ0n) is 24.5. The minimum Gasteiger partial charge on any atom is -0.457 e. The Morgan fingerprint density at radius 2 is 1.43 bits per heavy atom. The summed E-state index contributed by atoms with van der Waals surface area (Å²) < 4.78 is 63.7. The molecule has 1 aliphatic carbocycles. The molecule has 0 radical (unpaired) electrons. The van der Waals surface area contributed by atoms with Crippen LogP contribution in [0.15, 0.2) is 53.4 Å². The quantitative estimate of drug-likeness (QED) is 0.0950. The number of nitrogens with one attached hydrogen (secondary N) is 2. The molecule has 5 N–H and O–H groups in total. The van der Waals surface area contributed by atoms with Crippen molar-refractivity contribution in [2.45, 2.75) is 42.5 Å². The molecule has 1 fully saturated rings. The highest BCUT2D eigenvalue weighted by molar-refractivity contribution is 7.89. The second-order valence-corrected chi connectivity index (χ2v) is 11.9. The van der Waals surface area contributed by atoms with Gasteiger partial charge in [0.15, 0.2) is 0 Å². The monoisotopic (exact) mass is 640 g/mol. The van der Waals surface area contributed by atoms with Crippen LogP contribution in [0.2, 0.25) is 0 Å². The van der Waals surface area contributed by atoms with Crippen LogP contribution in [0.3, 0.4) is 0 Å². The average molecular weight is 641 g/mol. The summed E-state index contributed by atoms with van der Waals surface area (Å²) in [4.78, 5) is 25.4. The van der Waals surface area contributed by atoms with Gasteiger partial charge in [0.1, 0.15) is 22.9 Å². The lowest BCUT2D eigenvalue weighted by molar-refractivity contribution is -0.139. The average Bonchev–Trinajstić information content (AvgIpc) is 3.51. The topological polar surface area (TPSA) is 179 Å². The highest BCUT2D eigenvalue weighted by atomic mass is 32.2. The Hall–Kier alpha value is -3.18. The number of hydrogen-bond donors (Lipinski definition) is 4. The smallest absolute Gasteiger partial charge is 0.264 e. The Morgan fingerprint density at radius 3 is 2.00 bits per heavy atom. The molecule has 0 saturated heterocycles. The van der Waals surface area contributed by atoms with E-state index in [1.807, 2.05) is 0 Å². The summed E-state index contributed by atoms with van der Waals surface area (Å²) in [5, 5.41) is 12.2. The van der Waals surface area contributed by atoms with E-state index in [0.717, 1.165) is 4.31 Å². The van der Waals surface area contributed by atoms with Gasteiger partial charge in [-0.3, -0.25) is 14.8 Å². The molecule has 0 unspecified atom stereocenters. The molecule has 2 amide bonds. The van der Waals surface area contributed by atoms with E-state index in [-0.39, 0.29) is 43.9 Å². The Kier molecular flexibility index (Phi) is 14.4. The van der Waals surface area contributed by atoms with Gasteiger partial charge in [0.25, 0.3) is 5.91 Å². The van der Waals surface area contributed by atoms with Crippen molar-refractivity contribution in [1.29, 1.82) is 0 Å². The first kappa shape index (κ1) is 35.3. The van der Waals surface area contributed by atoms with Crippen LogP contribution in [0, 0.1) is 5.82 Å². The van der Waals surface area contributed by atoms with E-state index in [0.29, 0.717) is 63.9 Å². The van der Waals surface area contributed by atoms with E-state index in [1.54, 1.807) is 5.48 Å². The Labute approximate surface area is 256 Å². The molecule has 0 bridgehead atoms. The van der Waals surface area contributed by atoms with Crippen molar-refractivity contribution in [3.63, 3.8) is 0 Å². The standard InChI is InChI=1S/C29H41FN4O9S/c30-23-3-5-24(6-4-23)43-25-7-9-26(10-8-25)44(38,39)34(29(28(36)33-37)12-1-2-13-29)16-11-27(35)32-15-18-41-20-22-42-21-19-40-17-14-31/h3-10,37H,1-2,11-22,31H2,(H,32,35)(H,33,36). The number of nitrogens with two attached hydrogens (primary N) is 1. The van der Waals surface area contributed by atoms with E-state index in [1.165, 1.54) is 48.5 Å². The molecular formula is C29H41FN4O9S. The van der Waals surface area contributed by atoms with Gasteiger partial charge in [0, 0.05) is 26.1 Å². The second kappa shape index (κ2) is 17.9. The molecule has 1 saturated carbocycles. The summed E-state index contributed by atoms with van der Waals surface area (Å²) >= 11 is 0. The lowest BCUT2D eigenvalue weighted by Gasteiger charge is -2.38. The molecule has 3 rings (SSSR count). The number of amides is 2. The zero-order valence-corrected chi connectivity index (χ0v) is 25.4. The number of hydroxylamine groups is 1.